The number of furan rings is 1. The Morgan fingerprint density at radius 1 is 1.12 bits per heavy atom. The zero-order chi connectivity index (χ0) is 12.6. The number of rotatable bonds is 2. The van der Waals surface area contributed by atoms with Gasteiger partial charge in [0.2, 0.25) is 0 Å². The molecule has 0 aliphatic carbocycles. The molecule has 1 unspecified atom stereocenters. The summed E-state index contributed by atoms with van der Waals surface area (Å²) < 4.78 is 32.5. The molecule has 90 valence electrons. The van der Waals surface area contributed by atoms with Gasteiger partial charge in [0.05, 0.1) is 5.56 Å². The summed E-state index contributed by atoms with van der Waals surface area (Å²) in [7, 11) is 0. The zero-order valence-electron chi connectivity index (χ0n) is 9.50. The number of hydrogen-bond acceptors (Lipinski definition) is 2. The SMILES string of the molecule is Cc1ccc(C(O)c2c(F)ccc(C)c2F)o1. The Hall–Kier alpha value is -1.68. The maximum absolute atomic E-state index is 13.8. The first-order valence-corrected chi connectivity index (χ1v) is 5.19. The predicted octanol–water partition coefficient (Wildman–Crippen LogP) is 3.26. The van der Waals surface area contributed by atoms with E-state index in [1.54, 1.807) is 13.0 Å². The summed E-state index contributed by atoms with van der Waals surface area (Å²) >= 11 is 0. The molecule has 0 saturated heterocycles. The highest BCUT2D eigenvalue weighted by Gasteiger charge is 2.23. The van der Waals surface area contributed by atoms with E-state index in [9.17, 15) is 13.9 Å². The molecule has 0 aliphatic rings. The van der Waals surface area contributed by atoms with E-state index in [1.165, 1.54) is 19.1 Å². The van der Waals surface area contributed by atoms with Crippen LogP contribution in [-0.2, 0) is 0 Å². The van der Waals surface area contributed by atoms with Crippen molar-refractivity contribution in [2.45, 2.75) is 20.0 Å². The quantitative estimate of drug-likeness (QED) is 0.871. The Balaban J connectivity index is 2.50. The van der Waals surface area contributed by atoms with Crippen LogP contribution in [0.4, 0.5) is 8.78 Å². The summed E-state index contributed by atoms with van der Waals surface area (Å²) in [5, 5.41) is 9.92. The lowest BCUT2D eigenvalue weighted by atomic mass is 10.0. The van der Waals surface area contributed by atoms with Crippen LogP contribution in [0.1, 0.15) is 28.8 Å². The summed E-state index contributed by atoms with van der Waals surface area (Å²) in [5.74, 6) is -0.820. The van der Waals surface area contributed by atoms with Gasteiger partial charge >= 0.3 is 0 Å². The van der Waals surface area contributed by atoms with Crippen LogP contribution in [0.2, 0.25) is 0 Å². The van der Waals surface area contributed by atoms with Crippen LogP contribution in [0.25, 0.3) is 0 Å². The standard InChI is InChI=1S/C13H12F2O2/c1-7-3-5-9(14)11(12(7)15)13(16)10-6-4-8(2)17-10/h3-6,13,16H,1-2H3. The average Bonchev–Trinajstić information content (AvgIpc) is 2.71. The molecule has 0 amide bonds. The minimum atomic E-state index is -1.43. The van der Waals surface area contributed by atoms with Crippen molar-refractivity contribution in [2.24, 2.45) is 0 Å². The van der Waals surface area contributed by atoms with Crippen LogP contribution in [-0.4, -0.2) is 5.11 Å². The molecule has 1 N–H and O–H groups in total. The van der Waals surface area contributed by atoms with Gasteiger partial charge in [-0.1, -0.05) is 6.07 Å². The van der Waals surface area contributed by atoms with Crippen molar-refractivity contribution < 1.29 is 18.3 Å². The minimum absolute atomic E-state index is 0.130. The molecule has 17 heavy (non-hydrogen) atoms. The fourth-order valence-electron chi connectivity index (χ4n) is 1.67. The Kier molecular flexibility index (Phi) is 2.98. The van der Waals surface area contributed by atoms with Crippen molar-refractivity contribution in [1.29, 1.82) is 0 Å². The molecule has 1 heterocycles. The van der Waals surface area contributed by atoms with Gasteiger partial charge in [-0.15, -0.1) is 0 Å². The summed E-state index contributed by atoms with van der Waals surface area (Å²) in [4.78, 5) is 0. The van der Waals surface area contributed by atoms with E-state index >= 15 is 0 Å². The Bertz CT molecular complexity index is 546. The van der Waals surface area contributed by atoms with Gasteiger partial charge in [-0.2, -0.15) is 0 Å². The van der Waals surface area contributed by atoms with Crippen molar-refractivity contribution in [1.82, 2.24) is 0 Å². The minimum Gasteiger partial charge on any atom is -0.463 e. The molecule has 4 heteroatoms. The van der Waals surface area contributed by atoms with E-state index in [4.69, 9.17) is 4.42 Å². The van der Waals surface area contributed by atoms with Crippen LogP contribution in [0.15, 0.2) is 28.7 Å². The maximum Gasteiger partial charge on any atom is 0.142 e. The van der Waals surface area contributed by atoms with Crippen LogP contribution in [0.3, 0.4) is 0 Å². The van der Waals surface area contributed by atoms with Crippen molar-refractivity contribution >= 4 is 0 Å². The van der Waals surface area contributed by atoms with Gasteiger partial charge in [0, 0.05) is 0 Å². The Morgan fingerprint density at radius 3 is 2.41 bits per heavy atom. The van der Waals surface area contributed by atoms with Gasteiger partial charge < -0.3 is 9.52 Å². The normalized spacial score (nSPS) is 12.8. The van der Waals surface area contributed by atoms with Crippen LogP contribution in [0.5, 0.6) is 0 Å². The molecule has 0 aliphatic heterocycles. The van der Waals surface area contributed by atoms with Gasteiger partial charge in [0.1, 0.15) is 29.3 Å². The van der Waals surface area contributed by atoms with E-state index in [-0.39, 0.29) is 16.9 Å². The molecule has 0 fully saturated rings. The molecule has 1 aromatic carbocycles. The fraction of sp³-hybridized carbons (Fsp3) is 0.231. The van der Waals surface area contributed by atoms with Gasteiger partial charge in [-0.05, 0) is 37.6 Å². The number of aryl methyl sites for hydroxylation is 2. The summed E-state index contributed by atoms with van der Waals surface area (Å²) in [6.07, 6.45) is -1.43. The molecule has 2 rings (SSSR count). The topological polar surface area (TPSA) is 33.4 Å². The molecular weight excluding hydrogens is 226 g/mol. The van der Waals surface area contributed by atoms with E-state index in [1.807, 2.05) is 0 Å². The highest BCUT2D eigenvalue weighted by atomic mass is 19.1. The highest BCUT2D eigenvalue weighted by Crippen LogP contribution is 2.29. The van der Waals surface area contributed by atoms with Gasteiger partial charge in [-0.3, -0.25) is 0 Å². The van der Waals surface area contributed by atoms with E-state index < -0.39 is 17.7 Å². The second-order valence-corrected chi connectivity index (χ2v) is 3.94. The van der Waals surface area contributed by atoms with Crippen molar-refractivity contribution in [3.05, 3.63) is 58.5 Å². The number of benzene rings is 1. The molecule has 1 atom stereocenters. The van der Waals surface area contributed by atoms with Crippen molar-refractivity contribution in [3.63, 3.8) is 0 Å². The third-order valence-corrected chi connectivity index (χ3v) is 2.62. The van der Waals surface area contributed by atoms with Crippen molar-refractivity contribution in [3.8, 4) is 0 Å². The van der Waals surface area contributed by atoms with Gasteiger partial charge in [0.15, 0.2) is 0 Å². The van der Waals surface area contributed by atoms with Crippen LogP contribution < -0.4 is 0 Å². The molecule has 1 aromatic heterocycles. The first-order valence-electron chi connectivity index (χ1n) is 5.19. The Labute approximate surface area is 97.5 Å². The largest absolute Gasteiger partial charge is 0.463 e. The molecule has 2 aromatic rings. The molecule has 0 spiro atoms. The van der Waals surface area contributed by atoms with Gasteiger partial charge in [-0.25, -0.2) is 8.78 Å². The molecule has 0 bridgehead atoms. The molecular formula is C13H12F2O2. The molecule has 0 radical (unpaired) electrons. The zero-order valence-corrected chi connectivity index (χ0v) is 9.50. The lowest BCUT2D eigenvalue weighted by Crippen LogP contribution is -2.06. The second kappa shape index (κ2) is 4.30. The lowest BCUT2D eigenvalue weighted by Gasteiger charge is -2.12. The third kappa shape index (κ3) is 2.08. The van der Waals surface area contributed by atoms with E-state index in [0.29, 0.717) is 5.76 Å². The summed E-state index contributed by atoms with van der Waals surface area (Å²) in [6, 6.07) is 5.59. The Morgan fingerprint density at radius 2 is 1.82 bits per heavy atom. The van der Waals surface area contributed by atoms with Crippen molar-refractivity contribution in [2.75, 3.05) is 0 Å². The third-order valence-electron chi connectivity index (χ3n) is 2.62. The van der Waals surface area contributed by atoms with Crippen LogP contribution in [0, 0.1) is 25.5 Å². The smallest absolute Gasteiger partial charge is 0.142 e. The highest BCUT2D eigenvalue weighted by molar-refractivity contribution is 5.32. The van der Waals surface area contributed by atoms with E-state index in [2.05, 4.69) is 0 Å². The van der Waals surface area contributed by atoms with Gasteiger partial charge in [0.25, 0.3) is 0 Å². The monoisotopic (exact) mass is 238 g/mol. The number of aliphatic hydroxyl groups is 1. The van der Waals surface area contributed by atoms with Crippen LogP contribution >= 0.6 is 0 Å². The molecule has 2 nitrogen and oxygen atoms in total. The lowest BCUT2D eigenvalue weighted by molar-refractivity contribution is 0.178. The second-order valence-electron chi connectivity index (χ2n) is 3.94. The van der Waals surface area contributed by atoms with E-state index in [0.717, 1.165) is 6.07 Å². The maximum atomic E-state index is 13.8. The first-order chi connectivity index (χ1) is 8.00. The number of halogens is 2. The number of hydrogen-bond donors (Lipinski definition) is 1. The fourth-order valence-corrected chi connectivity index (χ4v) is 1.67. The average molecular weight is 238 g/mol. The molecule has 0 saturated carbocycles. The summed E-state index contributed by atoms with van der Waals surface area (Å²) in [5.41, 5.74) is -0.0944. The predicted molar refractivity (Wildman–Crippen MR) is 58.6 cm³/mol. The number of aliphatic hydroxyl groups excluding tert-OH is 1. The first kappa shape index (κ1) is 11.8. The summed E-state index contributed by atoms with van der Waals surface area (Å²) in [6.45, 7) is 3.21.